The van der Waals surface area contributed by atoms with Crippen LogP contribution in [-0.2, 0) is 10.0 Å². The minimum atomic E-state index is -3.68. The average molecular weight is 427 g/mol. The van der Waals surface area contributed by atoms with Crippen molar-refractivity contribution in [2.75, 3.05) is 0 Å². The summed E-state index contributed by atoms with van der Waals surface area (Å²) in [6.45, 7) is 1.70. The first-order valence-corrected chi connectivity index (χ1v) is 9.26. The molecule has 0 bridgehead atoms. The van der Waals surface area contributed by atoms with Crippen LogP contribution in [-0.4, -0.2) is 23.4 Å². The Morgan fingerprint density at radius 1 is 1.32 bits per heavy atom. The molecule has 3 rings (SSSR count). The van der Waals surface area contributed by atoms with Crippen LogP contribution >= 0.6 is 22.6 Å². The van der Waals surface area contributed by atoms with Crippen molar-refractivity contribution < 1.29 is 13.2 Å². The molecule has 1 atom stereocenters. The van der Waals surface area contributed by atoms with Gasteiger partial charge in [-0.25, -0.2) is 12.4 Å². The predicted molar refractivity (Wildman–Crippen MR) is 95.9 cm³/mol. The molecule has 0 saturated heterocycles. The first-order chi connectivity index (χ1) is 10.4. The Morgan fingerprint density at radius 2 is 2.05 bits per heavy atom. The Labute approximate surface area is 142 Å². The minimum Gasteiger partial charge on any atom is -0.298 e. The fraction of sp³-hybridized carbons (Fsp3) is 0.188. The third-order valence-electron chi connectivity index (χ3n) is 3.98. The van der Waals surface area contributed by atoms with Crippen LogP contribution in [0.2, 0.25) is 0 Å². The van der Waals surface area contributed by atoms with Gasteiger partial charge in [-0.1, -0.05) is 36.4 Å². The Bertz CT molecular complexity index is 924. The molecule has 0 radical (unpaired) electrons. The number of benzene rings is 1. The van der Waals surface area contributed by atoms with Crippen LogP contribution in [0.3, 0.4) is 0 Å². The summed E-state index contributed by atoms with van der Waals surface area (Å²) in [5.74, 6) is 0. The van der Waals surface area contributed by atoms with E-state index in [0.717, 1.165) is 3.58 Å². The smallest absolute Gasteiger partial charge is 0.248 e. The SMILES string of the molecule is CC1(S(=O)(=O)n2cc(C=O)c3ccccc32)C=CC(I)=CC1. The van der Waals surface area contributed by atoms with Crippen molar-refractivity contribution in [3.05, 3.63) is 57.8 Å². The van der Waals surface area contributed by atoms with E-state index >= 15 is 0 Å². The Hall–Kier alpha value is -1.41. The van der Waals surface area contributed by atoms with Crippen molar-refractivity contribution in [3.63, 3.8) is 0 Å². The maximum atomic E-state index is 13.1. The number of hydrogen-bond donors (Lipinski definition) is 0. The number of halogens is 1. The van der Waals surface area contributed by atoms with E-state index in [9.17, 15) is 13.2 Å². The molecule has 0 aliphatic heterocycles. The highest BCUT2D eigenvalue weighted by atomic mass is 127. The van der Waals surface area contributed by atoms with E-state index in [1.165, 1.54) is 10.2 Å². The number of nitrogens with zero attached hydrogens (tertiary/aromatic N) is 1. The zero-order valence-corrected chi connectivity index (χ0v) is 14.8. The topological polar surface area (TPSA) is 56.1 Å². The van der Waals surface area contributed by atoms with Crippen LogP contribution in [0.4, 0.5) is 0 Å². The van der Waals surface area contributed by atoms with Crippen LogP contribution in [0.15, 0.2) is 52.3 Å². The van der Waals surface area contributed by atoms with E-state index in [2.05, 4.69) is 22.6 Å². The van der Waals surface area contributed by atoms with Gasteiger partial charge in [-0.05, 0) is 42.0 Å². The zero-order chi connectivity index (χ0) is 16.0. The fourth-order valence-corrected chi connectivity index (χ4v) is 4.63. The van der Waals surface area contributed by atoms with Crippen molar-refractivity contribution in [2.24, 2.45) is 0 Å². The molecule has 114 valence electrons. The van der Waals surface area contributed by atoms with Gasteiger partial charge in [-0.2, -0.15) is 0 Å². The van der Waals surface area contributed by atoms with Crippen LogP contribution < -0.4 is 0 Å². The van der Waals surface area contributed by atoms with Gasteiger partial charge < -0.3 is 0 Å². The van der Waals surface area contributed by atoms with Crippen molar-refractivity contribution in [1.82, 2.24) is 3.97 Å². The van der Waals surface area contributed by atoms with Crippen molar-refractivity contribution in [2.45, 2.75) is 18.1 Å². The molecule has 1 heterocycles. The number of hydrogen-bond acceptors (Lipinski definition) is 3. The second kappa shape index (κ2) is 5.34. The lowest BCUT2D eigenvalue weighted by molar-refractivity contribution is 0.112. The molecule has 6 heteroatoms. The normalized spacial score (nSPS) is 21.8. The summed E-state index contributed by atoms with van der Waals surface area (Å²) in [6, 6.07) is 7.03. The lowest BCUT2D eigenvalue weighted by Gasteiger charge is -2.27. The number of carbonyl (C=O) groups is 1. The van der Waals surface area contributed by atoms with Crippen molar-refractivity contribution in [1.29, 1.82) is 0 Å². The summed E-state index contributed by atoms with van der Waals surface area (Å²) in [5.41, 5.74) is 0.913. The fourth-order valence-electron chi connectivity index (χ4n) is 2.58. The van der Waals surface area contributed by atoms with Crippen molar-refractivity contribution >= 4 is 49.8 Å². The molecule has 0 spiro atoms. The summed E-state index contributed by atoms with van der Waals surface area (Å²) in [4.78, 5) is 11.2. The average Bonchev–Trinajstić information content (AvgIpc) is 2.89. The Balaban J connectivity index is 2.23. The summed E-state index contributed by atoms with van der Waals surface area (Å²) in [7, 11) is -3.68. The van der Waals surface area contributed by atoms with Crippen LogP contribution in [0, 0.1) is 0 Å². The van der Waals surface area contributed by atoms with Crippen LogP contribution in [0.25, 0.3) is 10.9 Å². The van der Waals surface area contributed by atoms with E-state index in [0.29, 0.717) is 29.2 Å². The quantitative estimate of drug-likeness (QED) is 0.555. The highest BCUT2D eigenvalue weighted by Crippen LogP contribution is 2.34. The lowest BCUT2D eigenvalue weighted by atomic mass is 10.0. The van der Waals surface area contributed by atoms with Crippen molar-refractivity contribution in [3.8, 4) is 0 Å². The molecule has 1 unspecified atom stereocenters. The van der Waals surface area contributed by atoms with E-state index < -0.39 is 14.8 Å². The van der Waals surface area contributed by atoms with Crippen LogP contribution in [0.1, 0.15) is 23.7 Å². The zero-order valence-electron chi connectivity index (χ0n) is 11.9. The molecule has 0 N–H and O–H groups in total. The van der Waals surface area contributed by atoms with E-state index in [1.54, 1.807) is 37.3 Å². The highest BCUT2D eigenvalue weighted by Gasteiger charge is 2.39. The first kappa shape index (κ1) is 15.5. The van der Waals surface area contributed by atoms with Gasteiger partial charge in [0, 0.05) is 20.7 Å². The largest absolute Gasteiger partial charge is 0.298 e. The van der Waals surface area contributed by atoms with Crippen LogP contribution in [0.5, 0.6) is 0 Å². The summed E-state index contributed by atoms with van der Waals surface area (Å²) >= 11 is 2.17. The minimum absolute atomic E-state index is 0.382. The molecule has 0 amide bonds. The van der Waals surface area contributed by atoms with Gasteiger partial charge >= 0.3 is 0 Å². The van der Waals surface area contributed by atoms with Gasteiger partial charge in [-0.15, -0.1) is 0 Å². The number of fused-ring (bicyclic) bond motifs is 1. The maximum absolute atomic E-state index is 13.1. The molecule has 1 aromatic carbocycles. The van der Waals surface area contributed by atoms with E-state index in [1.807, 2.05) is 12.2 Å². The number of carbonyl (C=O) groups excluding carboxylic acids is 1. The summed E-state index contributed by atoms with van der Waals surface area (Å²) < 4.78 is 27.5. The lowest BCUT2D eigenvalue weighted by Crippen LogP contribution is -2.38. The Kier molecular flexibility index (Phi) is 3.76. The van der Waals surface area contributed by atoms with Gasteiger partial charge in [0.05, 0.1) is 5.52 Å². The molecular formula is C16H14INO3S. The molecular weight excluding hydrogens is 413 g/mol. The third kappa shape index (κ3) is 2.25. The Morgan fingerprint density at radius 3 is 2.68 bits per heavy atom. The second-order valence-corrected chi connectivity index (χ2v) is 8.98. The van der Waals surface area contributed by atoms with Gasteiger partial charge in [0.2, 0.25) is 10.0 Å². The van der Waals surface area contributed by atoms with Gasteiger partial charge in [-0.3, -0.25) is 4.79 Å². The monoisotopic (exact) mass is 427 g/mol. The maximum Gasteiger partial charge on any atom is 0.248 e. The predicted octanol–water partition coefficient (Wildman–Crippen LogP) is 3.67. The molecule has 2 aromatic rings. The second-order valence-electron chi connectivity index (χ2n) is 5.46. The number of allylic oxidation sites excluding steroid dienone is 3. The molecule has 1 aliphatic carbocycles. The van der Waals surface area contributed by atoms with Gasteiger partial charge in [0.1, 0.15) is 4.75 Å². The number of aromatic nitrogens is 1. The molecule has 0 fully saturated rings. The van der Waals surface area contributed by atoms with Gasteiger partial charge in [0.15, 0.2) is 6.29 Å². The number of para-hydroxylation sites is 1. The van der Waals surface area contributed by atoms with E-state index in [-0.39, 0.29) is 0 Å². The van der Waals surface area contributed by atoms with Gasteiger partial charge in [0.25, 0.3) is 0 Å². The molecule has 22 heavy (non-hydrogen) atoms. The first-order valence-electron chi connectivity index (χ1n) is 6.74. The van der Waals surface area contributed by atoms with E-state index in [4.69, 9.17) is 0 Å². The molecule has 1 aliphatic rings. The highest BCUT2D eigenvalue weighted by molar-refractivity contribution is 14.1. The number of rotatable bonds is 3. The molecule has 0 saturated carbocycles. The molecule has 4 nitrogen and oxygen atoms in total. The summed E-state index contributed by atoms with van der Waals surface area (Å²) in [6.07, 6.45) is 7.95. The summed E-state index contributed by atoms with van der Waals surface area (Å²) in [5, 5.41) is 0.648. The number of aldehydes is 1. The third-order valence-corrected chi connectivity index (χ3v) is 7.08. The molecule has 1 aromatic heterocycles. The standard InChI is InChI=1S/C16H14INO3S/c1-16(8-6-13(17)7-9-16)22(20,21)18-10-12(11-19)14-4-2-3-5-15(14)18/h2-8,10-11H,9H2,1H3.